The molecule has 2 rings (SSSR count). The summed E-state index contributed by atoms with van der Waals surface area (Å²) in [6.07, 6.45) is -4.41. The summed E-state index contributed by atoms with van der Waals surface area (Å²) in [5, 5.41) is 1.73. The molecular formula is C13H12F3NO3. The van der Waals surface area contributed by atoms with Gasteiger partial charge in [0.2, 0.25) is 0 Å². The van der Waals surface area contributed by atoms with Crippen LogP contribution in [0.25, 0.3) is 0 Å². The molecular weight excluding hydrogens is 275 g/mol. The summed E-state index contributed by atoms with van der Waals surface area (Å²) < 4.78 is 41.6. The molecule has 7 heteroatoms. The Morgan fingerprint density at radius 2 is 2.10 bits per heavy atom. The predicted octanol–water partition coefficient (Wildman–Crippen LogP) is 1.87. The van der Waals surface area contributed by atoms with Gasteiger partial charge in [0.15, 0.2) is 5.78 Å². The van der Waals surface area contributed by atoms with E-state index in [1.54, 1.807) is 17.4 Å². The summed E-state index contributed by atoms with van der Waals surface area (Å²) in [4.78, 5) is 23.0. The summed E-state index contributed by atoms with van der Waals surface area (Å²) in [5.41, 5.74) is 1.04. The van der Waals surface area contributed by atoms with Gasteiger partial charge in [-0.15, -0.1) is 0 Å². The lowest BCUT2D eigenvalue weighted by molar-refractivity contribution is -0.174. The molecule has 0 fully saturated rings. The van der Waals surface area contributed by atoms with Crippen molar-refractivity contribution in [2.45, 2.75) is 25.1 Å². The van der Waals surface area contributed by atoms with Crippen molar-refractivity contribution in [3.05, 3.63) is 29.3 Å². The number of nitrogens with one attached hydrogen (secondary N) is 1. The highest BCUT2D eigenvalue weighted by Gasteiger charge is 2.41. The van der Waals surface area contributed by atoms with E-state index in [0.717, 1.165) is 5.56 Å². The number of rotatable bonds is 2. The van der Waals surface area contributed by atoms with Crippen LogP contribution in [0.3, 0.4) is 0 Å². The number of hydrogen-bond donors (Lipinski definition) is 1. The maximum absolute atomic E-state index is 12.2. The molecule has 0 heterocycles. The van der Waals surface area contributed by atoms with Crippen LogP contribution in [0, 0.1) is 0 Å². The van der Waals surface area contributed by atoms with Crippen molar-refractivity contribution in [3.8, 4) is 5.75 Å². The Morgan fingerprint density at radius 3 is 2.70 bits per heavy atom. The maximum Gasteiger partial charge on any atom is 0.471 e. The second-order valence-electron chi connectivity index (χ2n) is 4.45. The molecule has 108 valence electrons. The van der Waals surface area contributed by atoms with Gasteiger partial charge in [-0.05, 0) is 30.5 Å². The van der Waals surface area contributed by atoms with Crippen LogP contribution in [0.15, 0.2) is 18.2 Å². The summed E-state index contributed by atoms with van der Waals surface area (Å²) in [6, 6.07) is 3.71. The highest BCUT2D eigenvalue weighted by molar-refractivity contribution is 6.04. The largest absolute Gasteiger partial charge is 0.497 e. The molecule has 1 aromatic carbocycles. The van der Waals surface area contributed by atoms with E-state index in [0.29, 0.717) is 17.7 Å². The second-order valence-corrected chi connectivity index (χ2v) is 4.45. The minimum Gasteiger partial charge on any atom is -0.497 e. The Labute approximate surface area is 112 Å². The quantitative estimate of drug-likeness (QED) is 0.903. The van der Waals surface area contributed by atoms with Gasteiger partial charge in [-0.25, -0.2) is 0 Å². The van der Waals surface area contributed by atoms with Crippen LogP contribution in [-0.2, 0) is 11.2 Å². The van der Waals surface area contributed by atoms with E-state index < -0.39 is 23.9 Å². The molecule has 1 amide bonds. The molecule has 0 aromatic heterocycles. The zero-order valence-corrected chi connectivity index (χ0v) is 10.6. The molecule has 0 saturated heterocycles. The molecule has 1 N–H and O–H groups in total. The van der Waals surface area contributed by atoms with E-state index in [-0.39, 0.29) is 6.42 Å². The number of fused-ring (bicyclic) bond motifs is 1. The number of amides is 1. The summed E-state index contributed by atoms with van der Waals surface area (Å²) in [6.45, 7) is 0. The number of halogens is 3. The summed E-state index contributed by atoms with van der Waals surface area (Å²) in [5.74, 6) is -2.18. The number of methoxy groups -OCH3 is 1. The molecule has 1 atom stereocenters. The van der Waals surface area contributed by atoms with Crippen LogP contribution in [0.5, 0.6) is 5.75 Å². The van der Waals surface area contributed by atoms with Crippen LogP contribution in [0.1, 0.15) is 22.3 Å². The van der Waals surface area contributed by atoms with Gasteiger partial charge in [0.05, 0.1) is 13.2 Å². The van der Waals surface area contributed by atoms with Gasteiger partial charge in [0.1, 0.15) is 5.75 Å². The maximum atomic E-state index is 12.2. The van der Waals surface area contributed by atoms with Gasteiger partial charge in [0, 0.05) is 5.56 Å². The van der Waals surface area contributed by atoms with Crippen molar-refractivity contribution < 1.29 is 27.5 Å². The van der Waals surface area contributed by atoms with Crippen molar-refractivity contribution in [1.82, 2.24) is 5.32 Å². The number of alkyl halides is 3. The fourth-order valence-corrected chi connectivity index (χ4v) is 2.13. The third-order valence-corrected chi connectivity index (χ3v) is 3.16. The van der Waals surface area contributed by atoms with Crippen LogP contribution >= 0.6 is 0 Å². The van der Waals surface area contributed by atoms with Crippen LogP contribution < -0.4 is 10.1 Å². The van der Waals surface area contributed by atoms with E-state index in [2.05, 4.69) is 0 Å². The Kier molecular flexibility index (Phi) is 3.69. The first-order chi connectivity index (χ1) is 9.32. The summed E-state index contributed by atoms with van der Waals surface area (Å²) >= 11 is 0. The molecule has 4 nitrogen and oxygen atoms in total. The predicted molar refractivity (Wildman–Crippen MR) is 63.6 cm³/mol. The standard InChI is InChI=1S/C13H12F3NO3/c1-20-8-4-2-7-3-5-10(11(18)9(7)6-8)17-12(19)13(14,15)16/h2,4,6,10H,3,5H2,1H3,(H,17,19). The zero-order valence-electron chi connectivity index (χ0n) is 10.6. The summed E-state index contributed by atoms with van der Waals surface area (Å²) in [7, 11) is 1.43. The van der Waals surface area contributed by atoms with Crippen molar-refractivity contribution in [1.29, 1.82) is 0 Å². The fourth-order valence-electron chi connectivity index (χ4n) is 2.13. The van der Waals surface area contributed by atoms with Gasteiger partial charge in [0.25, 0.3) is 0 Å². The number of benzene rings is 1. The molecule has 1 aliphatic rings. The van der Waals surface area contributed by atoms with Gasteiger partial charge in [-0.2, -0.15) is 13.2 Å². The molecule has 1 aliphatic carbocycles. The third kappa shape index (κ3) is 2.76. The van der Waals surface area contributed by atoms with Gasteiger partial charge in [-0.1, -0.05) is 6.07 Å². The minimum absolute atomic E-state index is 0.153. The number of ketones is 1. The SMILES string of the molecule is COc1ccc2c(c1)C(=O)C(NC(=O)C(F)(F)F)CC2. The van der Waals surface area contributed by atoms with E-state index in [9.17, 15) is 22.8 Å². The molecule has 20 heavy (non-hydrogen) atoms. The van der Waals surface area contributed by atoms with Gasteiger partial charge >= 0.3 is 12.1 Å². The second kappa shape index (κ2) is 5.15. The molecule has 1 unspecified atom stereocenters. The van der Waals surface area contributed by atoms with Crippen LogP contribution in [0.2, 0.25) is 0 Å². The van der Waals surface area contributed by atoms with E-state index in [4.69, 9.17) is 4.74 Å². The molecule has 0 radical (unpaired) electrons. The Bertz CT molecular complexity index is 554. The minimum atomic E-state index is -4.99. The van der Waals surface area contributed by atoms with Crippen molar-refractivity contribution in [2.24, 2.45) is 0 Å². The van der Waals surface area contributed by atoms with Crippen LogP contribution in [-0.4, -0.2) is 31.0 Å². The average molecular weight is 287 g/mol. The molecule has 0 bridgehead atoms. The molecule has 0 aliphatic heterocycles. The lowest BCUT2D eigenvalue weighted by Crippen LogP contribution is -2.48. The first-order valence-corrected chi connectivity index (χ1v) is 5.91. The molecule has 0 spiro atoms. The van der Waals surface area contributed by atoms with Crippen molar-refractivity contribution >= 4 is 11.7 Å². The monoisotopic (exact) mass is 287 g/mol. The molecule has 1 aromatic rings. The Hall–Kier alpha value is -2.05. The zero-order chi connectivity index (χ0) is 14.9. The van der Waals surface area contributed by atoms with E-state index in [1.807, 2.05) is 0 Å². The smallest absolute Gasteiger partial charge is 0.471 e. The fraction of sp³-hybridized carbons (Fsp3) is 0.385. The van der Waals surface area contributed by atoms with Crippen molar-refractivity contribution in [2.75, 3.05) is 7.11 Å². The van der Waals surface area contributed by atoms with Gasteiger partial charge in [-0.3, -0.25) is 9.59 Å². The van der Waals surface area contributed by atoms with Gasteiger partial charge < -0.3 is 10.1 Å². The van der Waals surface area contributed by atoms with E-state index >= 15 is 0 Å². The number of Topliss-reactive ketones (excluding diaryl/α,β-unsaturated/α-hetero) is 1. The normalized spacial score (nSPS) is 18.4. The van der Waals surface area contributed by atoms with E-state index in [1.165, 1.54) is 13.2 Å². The van der Waals surface area contributed by atoms with Crippen LogP contribution in [0.4, 0.5) is 13.2 Å². The topological polar surface area (TPSA) is 55.4 Å². The Balaban J connectivity index is 2.21. The number of ether oxygens (including phenoxy) is 1. The number of carbonyl (C=O) groups excluding carboxylic acids is 2. The third-order valence-electron chi connectivity index (χ3n) is 3.16. The number of hydrogen-bond acceptors (Lipinski definition) is 3. The van der Waals surface area contributed by atoms with Crippen molar-refractivity contribution in [3.63, 3.8) is 0 Å². The Morgan fingerprint density at radius 1 is 1.40 bits per heavy atom. The lowest BCUT2D eigenvalue weighted by atomic mass is 9.87. The average Bonchev–Trinajstić information content (AvgIpc) is 2.40. The highest BCUT2D eigenvalue weighted by Crippen LogP contribution is 2.26. The lowest BCUT2D eigenvalue weighted by Gasteiger charge is -2.24. The first-order valence-electron chi connectivity index (χ1n) is 5.91. The first kappa shape index (κ1) is 14.4. The highest BCUT2D eigenvalue weighted by atomic mass is 19.4. The molecule has 0 saturated carbocycles. The number of aryl methyl sites for hydroxylation is 1. The number of carbonyl (C=O) groups is 2.